The molecule has 36 heavy (non-hydrogen) atoms. The highest BCUT2D eigenvalue weighted by molar-refractivity contribution is 5.50. The minimum Gasteiger partial charge on any atom is -0.508 e. The first-order valence-electron chi connectivity index (χ1n) is 14.1. The van der Waals surface area contributed by atoms with E-state index in [-0.39, 0.29) is 11.8 Å². The molecular formula is C33H41NO2. The van der Waals surface area contributed by atoms with Crippen molar-refractivity contribution < 1.29 is 9.84 Å². The molecule has 190 valence electrons. The minimum atomic E-state index is 0.165. The van der Waals surface area contributed by atoms with Crippen LogP contribution in [0.2, 0.25) is 0 Å². The second kappa shape index (κ2) is 12.5. The molecule has 2 atom stereocenters. The summed E-state index contributed by atoms with van der Waals surface area (Å²) in [6.45, 7) is 4.62. The van der Waals surface area contributed by atoms with Gasteiger partial charge in [-0.25, -0.2) is 0 Å². The Morgan fingerprint density at radius 3 is 2.25 bits per heavy atom. The molecule has 0 saturated carbocycles. The van der Waals surface area contributed by atoms with Gasteiger partial charge in [-0.15, -0.1) is 0 Å². The molecule has 1 saturated heterocycles. The Balaban J connectivity index is 1.16. The topological polar surface area (TPSA) is 32.7 Å². The zero-order chi connectivity index (χ0) is 24.6. The van der Waals surface area contributed by atoms with Gasteiger partial charge in [-0.05, 0) is 86.6 Å². The van der Waals surface area contributed by atoms with Gasteiger partial charge < -0.3 is 14.7 Å². The lowest BCUT2D eigenvalue weighted by Gasteiger charge is -2.34. The van der Waals surface area contributed by atoms with Crippen molar-refractivity contribution >= 4 is 0 Å². The van der Waals surface area contributed by atoms with Gasteiger partial charge in [0, 0.05) is 17.4 Å². The van der Waals surface area contributed by atoms with Gasteiger partial charge in [0.2, 0.25) is 0 Å². The fraction of sp³-hybridized carbons (Fsp3) is 0.455. The quantitative estimate of drug-likeness (QED) is 0.284. The van der Waals surface area contributed by atoms with Crippen LogP contribution < -0.4 is 4.74 Å². The molecule has 0 amide bonds. The van der Waals surface area contributed by atoms with Crippen LogP contribution >= 0.6 is 0 Å². The van der Waals surface area contributed by atoms with E-state index in [1.54, 1.807) is 6.07 Å². The molecule has 3 nitrogen and oxygen atoms in total. The van der Waals surface area contributed by atoms with Gasteiger partial charge in [-0.1, -0.05) is 80.3 Å². The van der Waals surface area contributed by atoms with Gasteiger partial charge in [0.05, 0.1) is 6.61 Å². The summed E-state index contributed by atoms with van der Waals surface area (Å²) in [5.41, 5.74) is 5.07. The summed E-state index contributed by atoms with van der Waals surface area (Å²) < 4.78 is 6.13. The largest absolute Gasteiger partial charge is 0.508 e. The van der Waals surface area contributed by atoms with E-state index in [0.717, 1.165) is 17.7 Å². The molecule has 3 aromatic carbocycles. The van der Waals surface area contributed by atoms with Gasteiger partial charge in [0.15, 0.2) is 0 Å². The molecule has 0 spiro atoms. The molecule has 5 rings (SSSR count). The van der Waals surface area contributed by atoms with Gasteiger partial charge in [0.25, 0.3) is 0 Å². The lowest BCUT2D eigenvalue weighted by molar-refractivity contribution is 0.248. The number of aromatic hydroxyl groups is 1. The predicted octanol–water partition coefficient (Wildman–Crippen LogP) is 7.68. The minimum absolute atomic E-state index is 0.165. The molecule has 2 heterocycles. The number of rotatable bonds is 11. The normalized spacial score (nSPS) is 19.7. The van der Waals surface area contributed by atoms with Crippen molar-refractivity contribution in [1.29, 1.82) is 0 Å². The van der Waals surface area contributed by atoms with Crippen molar-refractivity contribution in [2.75, 3.05) is 26.2 Å². The van der Waals surface area contributed by atoms with Crippen LogP contribution in [-0.4, -0.2) is 36.2 Å². The smallest absolute Gasteiger partial charge is 0.123 e. The molecule has 0 bridgehead atoms. The number of benzene rings is 3. The molecule has 1 fully saturated rings. The first kappa shape index (κ1) is 24.9. The van der Waals surface area contributed by atoms with E-state index in [9.17, 15) is 5.11 Å². The van der Waals surface area contributed by atoms with E-state index < -0.39 is 0 Å². The summed E-state index contributed by atoms with van der Waals surface area (Å²) in [7, 11) is 0. The van der Waals surface area contributed by atoms with Crippen LogP contribution in [0.4, 0.5) is 0 Å². The zero-order valence-electron chi connectivity index (χ0n) is 21.6. The van der Waals surface area contributed by atoms with E-state index >= 15 is 0 Å². The number of aryl methyl sites for hydroxylation is 1. The van der Waals surface area contributed by atoms with Crippen molar-refractivity contribution in [1.82, 2.24) is 4.90 Å². The van der Waals surface area contributed by atoms with Crippen LogP contribution in [0.1, 0.15) is 85.5 Å². The van der Waals surface area contributed by atoms with Crippen LogP contribution in [0.3, 0.4) is 0 Å². The monoisotopic (exact) mass is 483 g/mol. The number of hydrogen-bond acceptors (Lipinski definition) is 3. The van der Waals surface area contributed by atoms with Gasteiger partial charge in [-0.2, -0.15) is 0 Å². The first-order valence-corrected chi connectivity index (χ1v) is 14.1. The molecule has 0 unspecified atom stereocenters. The van der Waals surface area contributed by atoms with Crippen LogP contribution in [0.25, 0.3) is 0 Å². The fourth-order valence-corrected chi connectivity index (χ4v) is 6.07. The standard InChI is InChI=1S/C33H41NO2/c35-29-19-20-32-30(24-29)33(31(25-36-32)27-13-7-5-8-14-27)28-17-15-26(16-18-28)12-6-3-1-2-4-9-21-34-22-10-11-23-34/h5,7-8,13-20,24,31,33,35H,1-4,6,9-12,21-23,25H2/t31-,33-/m0/s1. The molecule has 0 radical (unpaired) electrons. The Kier molecular flexibility index (Phi) is 8.61. The number of hydrogen-bond donors (Lipinski definition) is 1. The maximum atomic E-state index is 10.2. The molecule has 3 heteroatoms. The number of nitrogens with zero attached hydrogens (tertiary/aromatic N) is 1. The third kappa shape index (κ3) is 6.31. The third-order valence-corrected chi connectivity index (χ3v) is 8.10. The lowest BCUT2D eigenvalue weighted by Crippen LogP contribution is -2.25. The summed E-state index contributed by atoms with van der Waals surface area (Å²) in [6, 6.07) is 25.4. The Morgan fingerprint density at radius 1 is 0.750 bits per heavy atom. The van der Waals surface area contributed by atoms with Crippen molar-refractivity contribution in [3.8, 4) is 11.5 Å². The number of phenols is 1. The molecule has 1 N–H and O–H groups in total. The van der Waals surface area contributed by atoms with E-state index in [0.29, 0.717) is 12.4 Å². The Bertz CT molecular complexity index is 1070. The van der Waals surface area contributed by atoms with Gasteiger partial charge >= 0.3 is 0 Å². The Labute approximate surface area is 217 Å². The highest BCUT2D eigenvalue weighted by Gasteiger charge is 2.33. The summed E-state index contributed by atoms with van der Waals surface area (Å²) >= 11 is 0. The number of ether oxygens (including phenoxy) is 1. The van der Waals surface area contributed by atoms with Crippen LogP contribution in [-0.2, 0) is 6.42 Å². The van der Waals surface area contributed by atoms with Crippen molar-refractivity contribution in [3.63, 3.8) is 0 Å². The average Bonchev–Trinajstić information content (AvgIpc) is 3.44. The Morgan fingerprint density at radius 2 is 1.47 bits per heavy atom. The molecule has 3 aromatic rings. The van der Waals surface area contributed by atoms with Crippen LogP contribution in [0.15, 0.2) is 72.8 Å². The molecule has 0 aromatic heterocycles. The summed E-state index contributed by atoms with van der Waals surface area (Å²) in [6.07, 6.45) is 12.1. The number of phenolic OH excluding ortho intramolecular Hbond substituents is 1. The SMILES string of the molecule is Oc1ccc2c(c1)[C@H](c1ccc(CCCCCCCCN3CCCC3)cc1)[C@H](c1ccccc1)CO2. The summed E-state index contributed by atoms with van der Waals surface area (Å²) in [5.74, 6) is 1.56. The molecule has 2 aliphatic heterocycles. The maximum Gasteiger partial charge on any atom is 0.123 e. The third-order valence-electron chi connectivity index (χ3n) is 8.10. The van der Waals surface area contributed by atoms with Crippen LogP contribution in [0, 0.1) is 0 Å². The molecule has 2 aliphatic rings. The zero-order valence-corrected chi connectivity index (χ0v) is 21.6. The van der Waals surface area contributed by atoms with Gasteiger partial charge in [0.1, 0.15) is 11.5 Å². The second-order valence-corrected chi connectivity index (χ2v) is 10.7. The number of likely N-dealkylation sites (tertiary alicyclic amines) is 1. The van der Waals surface area contributed by atoms with Gasteiger partial charge in [-0.3, -0.25) is 0 Å². The van der Waals surface area contributed by atoms with Crippen molar-refractivity contribution in [2.45, 2.75) is 69.6 Å². The van der Waals surface area contributed by atoms with E-state index in [2.05, 4.69) is 59.5 Å². The molecule has 0 aliphatic carbocycles. The predicted molar refractivity (Wildman–Crippen MR) is 148 cm³/mol. The average molecular weight is 484 g/mol. The van der Waals surface area contributed by atoms with Crippen molar-refractivity contribution in [2.24, 2.45) is 0 Å². The highest BCUT2D eigenvalue weighted by Crippen LogP contribution is 2.47. The Hall–Kier alpha value is -2.78. The van der Waals surface area contributed by atoms with Crippen molar-refractivity contribution in [3.05, 3.63) is 95.1 Å². The van der Waals surface area contributed by atoms with Crippen LogP contribution in [0.5, 0.6) is 11.5 Å². The second-order valence-electron chi connectivity index (χ2n) is 10.7. The summed E-state index contributed by atoms with van der Waals surface area (Å²) in [4.78, 5) is 2.63. The lowest BCUT2D eigenvalue weighted by atomic mass is 9.75. The van der Waals surface area contributed by atoms with E-state index in [1.165, 1.54) is 87.7 Å². The summed E-state index contributed by atoms with van der Waals surface area (Å²) in [5, 5.41) is 10.2. The van der Waals surface area contributed by atoms with E-state index in [1.807, 2.05) is 12.1 Å². The number of fused-ring (bicyclic) bond motifs is 1. The first-order chi connectivity index (χ1) is 17.8. The highest BCUT2D eigenvalue weighted by atomic mass is 16.5. The maximum absolute atomic E-state index is 10.2. The molecular weight excluding hydrogens is 442 g/mol. The number of unbranched alkanes of at least 4 members (excludes halogenated alkanes) is 5. The fourth-order valence-electron chi connectivity index (χ4n) is 6.07. The van der Waals surface area contributed by atoms with E-state index in [4.69, 9.17) is 4.74 Å².